The van der Waals surface area contributed by atoms with E-state index in [2.05, 4.69) is 11.0 Å². The third-order valence-electron chi connectivity index (χ3n) is 4.40. The molecule has 1 heterocycles. The van der Waals surface area contributed by atoms with Crippen molar-refractivity contribution < 1.29 is 9.53 Å². The maximum atomic E-state index is 12.5. The number of rotatable bonds is 4. The number of piperazine rings is 1. The summed E-state index contributed by atoms with van der Waals surface area (Å²) >= 11 is 12.3. The molecule has 1 fully saturated rings. The van der Waals surface area contributed by atoms with Gasteiger partial charge in [0, 0.05) is 59.6 Å². The van der Waals surface area contributed by atoms with Crippen molar-refractivity contribution in [2.75, 3.05) is 38.2 Å². The van der Waals surface area contributed by atoms with E-state index in [0.29, 0.717) is 28.7 Å². The van der Waals surface area contributed by atoms with E-state index >= 15 is 0 Å². The Morgan fingerprint density at radius 1 is 1.04 bits per heavy atom. The number of nitrogens with zero attached hydrogens (tertiary/aromatic N) is 2. The molecule has 0 unspecified atom stereocenters. The second-order valence-electron chi connectivity index (χ2n) is 5.98. The van der Waals surface area contributed by atoms with Crippen LogP contribution in [0.3, 0.4) is 0 Å². The number of benzene rings is 2. The summed E-state index contributed by atoms with van der Waals surface area (Å²) in [4.78, 5) is 16.5. The summed E-state index contributed by atoms with van der Waals surface area (Å²) in [6.45, 7) is 2.88. The van der Waals surface area contributed by atoms with Gasteiger partial charge in [0.1, 0.15) is 5.75 Å². The molecule has 0 aromatic heterocycles. The topological polar surface area (TPSA) is 32.8 Å². The smallest absolute Gasteiger partial charge is 0.246 e. The molecule has 1 aliphatic heterocycles. The number of hydrogen-bond donors (Lipinski definition) is 0. The predicted molar refractivity (Wildman–Crippen MR) is 107 cm³/mol. The molecule has 0 aliphatic carbocycles. The van der Waals surface area contributed by atoms with E-state index in [4.69, 9.17) is 27.9 Å². The van der Waals surface area contributed by atoms with Crippen molar-refractivity contribution in [3.63, 3.8) is 0 Å². The first-order valence-corrected chi connectivity index (χ1v) is 9.14. The van der Waals surface area contributed by atoms with E-state index in [-0.39, 0.29) is 5.91 Å². The lowest BCUT2D eigenvalue weighted by molar-refractivity contribution is -0.126. The van der Waals surface area contributed by atoms with Crippen molar-refractivity contribution in [1.82, 2.24) is 4.90 Å². The summed E-state index contributed by atoms with van der Waals surface area (Å²) in [5.41, 5.74) is 1.77. The number of carbonyl (C=O) groups is 1. The summed E-state index contributed by atoms with van der Waals surface area (Å²) in [5.74, 6) is 0.798. The van der Waals surface area contributed by atoms with Gasteiger partial charge in [-0.15, -0.1) is 0 Å². The van der Waals surface area contributed by atoms with Gasteiger partial charge in [0.25, 0.3) is 0 Å². The second kappa shape index (κ2) is 8.47. The van der Waals surface area contributed by atoms with Crippen LogP contribution in [0.4, 0.5) is 5.69 Å². The van der Waals surface area contributed by atoms with Crippen LogP contribution in [0.25, 0.3) is 6.08 Å². The van der Waals surface area contributed by atoms with Gasteiger partial charge in [-0.3, -0.25) is 4.79 Å². The average Bonchev–Trinajstić information content (AvgIpc) is 2.67. The van der Waals surface area contributed by atoms with Crippen LogP contribution < -0.4 is 9.64 Å². The summed E-state index contributed by atoms with van der Waals surface area (Å²) in [7, 11) is 1.66. The lowest BCUT2D eigenvalue weighted by Crippen LogP contribution is -2.48. The van der Waals surface area contributed by atoms with E-state index in [1.165, 1.54) is 6.08 Å². The zero-order valence-corrected chi connectivity index (χ0v) is 16.0. The van der Waals surface area contributed by atoms with Crippen molar-refractivity contribution in [3.05, 3.63) is 64.1 Å². The molecule has 0 bridgehead atoms. The Morgan fingerprint density at radius 3 is 2.35 bits per heavy atom. The lowest BCUT2D eigenvalue weighted by atomic mass is 10.2. The lowest BCUT2D eigenvalue weighted by Gasteiger charge is -2.35. The van der Waals surface area contributed by atoms with Crippen LogP contribution in [-0.2, 0) is 4.79 Å². The summed E-state index contributed by atoms with van der Waals surface area (Å²) in [6, 6.07) is 13.3. The summed E-state index contributed by atoms with van der Waals surface area (Å²) < 4.78 is 5.28. The first-order chi connectivity index (χ1) is 12.6. The Labute approximate surface area is 163 Å². The van der Waals surface area contributed by atoms with Crippen LogP contribution in [-0.4, -0.2) is 44.1 Å². The van der Waals surface area contributed by atoms with Gasteiger partial charge in [-0.25, -0.2) is 0 Å². The largest absolute Gasteiger partial charge is 0.497 e. The molecule has 1 saturated heterocycles. The van der Waals surface area contributed by atoms with Crippen molar-refractivity contribution in [1.29, 1.82) is 0 Å². The first-order valence-electron chi connectivity index (χ1n) is 8.38. The number of carbonyl (C=O) groups excluding carboxylic acids is 1. The minimum absolute atomic E-state index is 0.0359. The van der Waals surface area contributed by atoms with Crippen LogP contribution in [0.5, 0.6) is 5.75 Å². The van der Waals surface area contributed by atoms with Gasteiger partial charge in [-0.2, -0.15) is 0 Å². The molecule has 3 rings (SSSR count). The Morgan fingerprint density at radius 2 is 1.69 bits per heavy atom. The number of anilines is 1. The summed E-state index contributed by atoms with van der Waals surface area (Å²) in [6.07, 6.45) is 3.22. The highest BCUT2D eigenvalue weighted by atomic mass is 35.5. The zero-order chi connectivity index (χ0) is 18.5. The fourth-order valence-corrected chi connectivity index (χ4v) is 3.45. The normalized spacial score (nSPS) is 14.7. The van der Waals surface area contributed by atoms with Crippen LogP contribution in [0.15, 0.2) is 48.5 Å². The van der Waals surface area contributed by atoms with Crippen molar-refractivity contribution in [2.24, 2.45) is 0 Å². The monoisotopic (exact) mass is 390 g/mol. The molecular weight excluding hydrogens is 371 g/mol. The highest BCUT2D eigenvalue weighted by Gasteiger charge is 2.20. The van der Waals surface area contributed by atoms with Gasteiger partial charge < -0.3 is 14.5 Å². The van der Waals surface area contributed by atoms with Crippen LogP contribution >= 0.6 is 23.2 Å². The Kier molecular flexibility index (Phi) is 6.07. The molecule has 26 heavy (non-hydrogen) atoms. The molecule has 0 atom stereocenters. The second-order valence-corrected chi connectivity index (χ2v) is 6.80. The molecular formula is C20H20Cl2N2O2. The quantitative estimate of drug-likeness (QED) is 0.726. The molecule has 6 heteroatoms. The maximum absolute atomic E-state index is 12.5. The highest BCUT2D eigenvalue weighted by molar-refractivity contribution is 6.37. The number of amides is 1. The van der Waals surface area contributed by atoms with E-state index < -0.39 is 0 Å². The van der Waals surface area contributed by atoms with Gasteiger partial charge in [-0.1, -0.05) is 35.3 Å². The number of ether oxygens (including phenoxy) is 1. The highest BCUT2D eigenvalue weighted by Crippen LogP contribution is 2.26. The SMILES string of the molecule is COc1cccc(N2CCN(C(=O)/C=C/c3c(Cl)cccc3Cl)CC2)c1. The molecule has 136 valence electrons. The molecule has 1 amide bonds. The van der Waals surface area contributed by atoms with Crippen LogP contribution in [0, 0.1) is 0 Å². The van der Waals surface area contributed by atoms with E-state index in [1.807, 2.05) is 23.1 Å². The first kappa shape index (κ1) is 18.6. The van der Waals surface area contributed by atoms with Crippen molar-refractivity contribution in [3.8, 4) is 5.75 Å². The third-order valence-corrected chi connectivity index (χ3v) is 5.06. The zero-order valence-electron chi connectivity index (χ0n) is 14.5. The fourth-order valence-electron chi connectivity index (χ4n) is 2.92. The van der Waals surface area contributed by atoms with E-state index in [9.17, 15) is 4.79 Å². The van der Waals surface area contributed by atoms with Gasteiger partial charge >= 0.3 is 0 Å². The number of halogens is 2. The number of methoxy groups -OCH3 is 1. The van der Waals surface area contributed by atoms with E-state index in [0.717, 1.165) is 24.5 Å². The number of hydrogen-bond acceptors (Lipinski definition) is 3. The fraction of sp³-hybridized carbons (Fsp3) is 0.250. The standard InChI is InChI=1S/C20H20Cl2N2O2/c1-26-16-5-2-4-15(14-16)23-10-12-24(13-11-23)20(25)9-8-17-18(21)6-3-7-19(17)22/h2-9,14H,10-13H2,1H3/b9-8+. The molecule has 0 saturated carbocycles. The molecule has 2 aromatic rings. The van der Waals surface area contributed by atoms with Crippen LogP contribution in [0.1, 0.15) is 5.56 Å². The van der Waals surface area contributed by atoms with Crippen molar-refractivity contribution in [2.45, 2.75) is 0 Å². The third kappa shape index (κ3) is 4.32. The van der Waals surface area contributed by atoms with Gasteiger partial charge in [-0.05, 0) is 30.3 Å². The predicted octanol–water partition coefficient (Wildman–Crippen LogP) is 4.36. The van der Waals surface area contributed by atoms with Crippen LogP contribution in [0.2, 0.25) is 10.0 Å². The molecule has 0 spiro atoms. The van der Waals surface area contributed by atoms with Gasteiger partial charge in [0.05, 0.1) is 7.11 Å². The summed E-state index contributed by atoms with van der Waals surface area (Å²) in [5, 5.41) is 1.06. The molecule has 1 aliphatic rings. The maximum Gasteiger partial charge on any atom is 0.246 e. The van der Waals surface area contributed by atoms with Gasteiger partial charge in [0.15, 0.2) is 0 Å². The Hall–Kier alpha value is -2.17. The van der Waals surface area contributed by atoms with Crippen molar-refractivity contribution >= 4 is 40.9 Å². The molecule has 4 nitrogen and oxygen atoms in total. The minimum atomic E-state index is -0.0359. The van der Waals surface area contributed by atoms with E-state index in [1.54, 1.807) is 31.4 Å². The Bertz CT molecular complexity index is 795. The van der Waals surface area contributed by atoms with Gasteiger partial charge in [0.2, 0.25) is 5.91 Å². The average molecular weight is 391 g/mol. The molecule has 0 radical (unpaired) electrons. The molecule has 0 N–H and O–H groups in total. The Balaban J connectivity index is 1.61. The molecule has 2 aromatic carbocycles. The minimum Gasteiger partial charge on any atom is -0.497 e.